The fraction of sp³-hybridized carbons (Fsp3) is 0.200. The van der Waals surface area contributed by atoms with Gasteiger partial charge in [0.05, 0.1) is 0 Å². The first-order valence-electron chi connectivity index (χ1n) is 29.2. The van der Waals surface area contributed by atoms with Crippen LogP contribution >= 0.6 is 0 Å². The second-order valence-corrected chi connectivity index (χ2v) is 26.3. The molecular formula is C75H63B3O3. The van der Waals surface area contributed by atoms with Crippen molar-refractivity contribution in [1.29, 1.82) is 0 Å². The van der Waals surface area contributed by atoms with E-state index >= 15 is 0 Å². The summed E-state index contributed by atoms with van der Waals surface area (Å²) in [5, 5.41) is 0. The molecule has 0 amide bonds. The molecular weight excluding hydrogens is 981 g/mol. The number of hydrogen-bond donors (Lipinski definition) is 0. The van der Waals surface area contributed by atoms with Crippen LogP contribution in [0, 0.1) is 41.5 Å². The van der Waals surface area contributed by atoms with E-state index < -0.39 is 0 Å². The second-order valence-electron chi connectivity index (χ2n) is 26.3. The molecule has 3 nitrogen and oxygen atoms in total. The van der Waals surface area contributed by atoms with Crippen LogP contribution in [0.15, 0.2) is 164 Å². The largest absolute Gasteiger partial charge is 0.458 e. The van der Waals surface area contributed by atoms with Gasteiger partial charge in [-0.1, -0.05) is 184 Å². The van der Waals surface area contributed by atoms with E-state index in [9.17, 15) is 0 Å². The van der Waals surface area contributed by atoms with Crippen LogP contribution < -0.4 is 63.4 Å². The predicted octanol–water partition coefficient (Wildman–Crippen LogP) is 12.3. The molecule has 6 heteroatoms. The molecule has 0 radical (unpaired) electrons. The summed E-state index contributed by atoms with van der Waals surface area (Å²) in [7, 11) is 0. The average Bonchev–Trinajstić information content (AvgIpc) is 3.44. The van der Waals surface area contributed by atoms with Crippen molar-refractivity contribution < 1.29 is 14.2 Å². The van der Waals surface area contributed by atoms with Crippen molar-refractivity contribution in [2.75, 3.05) is 0 Å². The van der Waals surface area contributed by atoms with Crippen LogP contribution in [0.2, 0.25) is 0 Å². The highest BCUT2D eigenvalue weighted by Crippen LogP contribution is 2.47. The number of benzene rings is 10. The van der Waals surface area contributed by atoms with Gasteiger partial charge >= 0.3 is 0 Å². The molecule has 6 aliphatic rings. The Hall–Kier alpha value is -8.21. The minimum Gasteiger partial charge on any atom is -0.458 e. The van der Waals surface area contributed by atoms with Crippen LogP contribution in [0.3, 0.4) is 0 Å². The molecule has 0 aliphatic carbocycles. The number of ether oxygens (including phenoxy) is 3. The molecule has 0 N–H and O–H groups in total. The normalized spacial score (nSPS) is 15.9. The van der Waals surface area contributed by atoms with E-state index in [1.54, 1.807) is 0 Å². The number of rotatable bonds is 3. The van der Waals surface area contributed by atoms with Gasteiger partial charge in [-0.15, -0.1) is 0 Å². The third-order valence-corrected chi connectivity index (χ3v) is 20.1. The Balaban J connectivity index is 0.914. The molecule has 81 heavy (non-hydrogen) atoms. The zero-order chi connectivity index (χ0) is 55.5. The van der Waals surface area contributed by atoms with Crippen molar-refractivity contribution in [2.24, 2.45) is 0 Å². The van der Waals surface area contributed by atoms with Crippen LogP contribution in [0.5, 0.6) is 34.5 Å². The summed E-state index contributed by atoms with van der Waals surface area (Å²) in [6, 6.07) is 63.0. The SMILES string of the molecule is Cc1ccc2c(c1)B1c3ccc(-c4cc(-c5ccc6c(c5)C(C)(C)c5c(C)ccc7c5B6c5cc(C)ccc5O7)cc(-c5ccc6c(c5)C(C)(C)c5c(C)ccc7c5B6c5cc(C)ccc5O7)c4)cc3C(C)(C)c3c(C)ccc(c31)O2. The summed E-state index contributed by atoms with van der Waals surface area (Å²) in [4.78, 5) is 0. The van der Waals surface area contributed by atoms with Gasteiger partial charge in [0.25, 0.3) is 20.1 Å². The summed E-state index contributed by atoms with van der Waals surface area (Å²) < 4.78 is 20.3. The lowest BCUT2D eigenvalue weighted by Crippen LogP contribution is -2.62. The molecule has 0 saturated carbocycles. The van der Waals surface area contributed by atoms with Crippen LogP contribution in [-0.2, 0) is 16.2 Å². The molecule has 0 aromatic heterocycles. The van der Waals surface area contributed by atoms with Crippen molar-refractivity contribution >= 4 is 69.3 Å². The van der Waals surface area contributed by atoms with Crippen molar-refractivity contribution in [1.82, 2.24) is 0 Å². The Kier molecular flexibility index (Phi) is 9.90. The fourth-order valence-corrected chi connectivity index (χ4v) is 16.6. The maximum Gasteiger partial charge on any atom is 0.251 e. The van der Waals surface area contributed by atoms with Crippen molar-refractivity contribution in [3.63, 3.8) is 0 Å². The molecule has 0 bridgehead atoms. The first-order chi connectivity index (χ1) is 38.8. The van der Waals surface area contributed by atoms with Gasteiger partial charge in [-0.2, -0.15) is 0 Å². The molecule has 0 saturated heterocycles. The maximum absolute atomic E-state index is 6.76. The van der Waals surface area contributed by atoms with E-state index in [2.05, 4.69) is 247 Å². The minimum atomic E-state index is -0.290. The van der Waals surface area contributed by atoms with Crippen molar-refractivity contribution in [2.45, 2.75) is 99.3 Å². The van der Waals surface area contributed by atoms with E-state index in [1.807, 2.05) is 0 Å². The summed E-state index contributed by atoms with van der Waals surface area (Å²) in [6.07, 6.45) is 0. The van der Waals surface area contributed by atoms with Gasteiger partial charge in [0.1, 0.15) is 34.5 Å². The highest BCUT2D eigenvalue weighted by atomic mass is 16.5. The lowest BCUT2D eigenvalue weighted by molar-refractivity contribution is 0.484. The molecule has 0 atom stereocenters. The molecule has 10 aromatic carbocycles. The lowest BCUT2D eigenvalue weighted by Gasteiger charge is -2.43. The highest BCUT2D eigenvalue weighted by molar-refractivity contribution is 6.99. The first kappa shape index (κ1) is 48.7. The van der Waals surface area contributed by atoms with Gasteiger partial charge < -0.3 is 14.2 Å². The monoisotopic (exact) mass is 1040 g/mol. The van der Waals surface area contributed by atoms with E-state index in [-0.39, 0.29) is 36.4 Å². The van der Waals surface area contributed by atoms with Gasteiger partial charge in [0.15, 0.2) is 0 Å². The van der Waals surface area contributed by atoms with Gasteiger partial charge in [-0.3, -0.25) is 0 Å². The molecule has 10 aromatic rings. The van der Waals surface area contributed by atoms with Crippen LogP contribution in [0.4, 0.5) is 0 Å². The Morgan fingerprint density at radius 1 is 0.259 bits per heavy atom. The van der Waals surface area contributed by atoms with Crippen LogP contribution in [0.1, 0.15) is 108 Å². The van der Waals surface area contributed by atoms with Crippen LogP contribution in [-0.4, -0.2) is 20.1 Å². The maximum atomic E-state index is 6.76. The third-order valence-electron chi connectivity index (χ3n) is 20.1. The Morgan fingerprint density at radius 3 is 0.815 bits per heavy atom. The minimum absolute atomic E-state index is 0.0723. The summed E-state index contributed by atoms with van der Waals surface area (Å²) in [5.74, 6) is 5.78. The molecule has 6 aliphatic heterocycles. The summed E-state index contributed by atoms with van der Waals surface area (Å²) in [5.41, 5.74) is 34.0. The third kappa shape index (κ3) is 6.68. The zero-order valence-corrected chi connectivity index (χ0v) is 48.5. The molecule has 0 fully saturated rings. The Morgan fingerprint density at radius 2 is 0.531 bits per heavy atom. The van der Waals surface area contributed by atoms with Gasteiger partial charge in [0, 0.05) is 16.2 Å². The molecule has 6 heterocycles. The van der Waals surface area contributed by atoms with Gasteiger partial charge in [-0.25, -0.2) is 0 Å². The second kappa shape index (κ2) is 16.5. The molecule has 0 spiro atoms. The highest BCUT2D eigenvalue weighted by Gasteiger charge is 2.49. The topological polar surface area (TPSA) is 27.7 Å². The fourth-order valence-electron chi connectivity index (χ4n) is 16.6. The Labute approximate surface area is 478 Å². The van der Waals surface area contributed by atoms with E-state index in [0.717, 1.165) is 34.5 Å². The van der Waals surface area contributed by atoms with Gasteiger partial charge in [-0.05, 0) is 212 Å². The summed E-state index contributed by atoms with van der Waals surface area (Å²) in [6.45, 7) is 28.2. The predicted molar refractivity (Wildman–Crippen MR) is 340 cm³/mol. The average molecular weight is 1040 g/mol. The quantitative estimate of drug-likeness (QED) is 0.165. The van der Waals surface area contributed by atoms with Gasteiger partial charge in [0.2, 0.25) is 0 Å². The van der Waals surface area contributed by atoms with E-state index in [4.69, 9.17) is 14.2 Å². The molecule has 16 rings (SSSR count). The standard InChI is InChI=1S/C75H63B3O3/c1-40-13-25-61-58(31-40)76-55-22-19-46(37-52(55)73(7,8)67-43(4)16-28-64(79-61)70(67)76)49-34-50(47-20-23-56-53(38-47)74(9,10)68-44(5)17-29-65-71(68)77(56)59-32-41(2)14-26-62(59)80-65)36-51(35-49)48-21-24-57-54(39-48)75(11,12)69-45(6)18-30-66-72(69)78(57)60-33-42(3)15-27-63(60)81-66/h13-39H,1-12H3. The molecule has 0 unspecified atom stereocenters. The number of hydrogen-bond acceptors (Lipinski definition) is 3. The number of aryl methyl sites for hydroxylation is 6. The lowest BCUT2D eigenvalue weighted by atomic mass is 9.30. The van der Waals surface area contributed by atoms with E-state index in [1.165, 1.54) is 149 Å². The summed E-state index contributed by atoms with van der Waals surface area (Å²) >= 11 is 0. The smallest absolute Gasteiger partial charge is 0.251 e. The first-order valence-corrected chi connectivity index (χ1v) is 29.2. The Bertz CT molecular complexity index is 4050. The van der Waals surface area contributed by atoms with Crippen molar-refractivity contribution in [3.8, 4) is 67.9 Å². The zero-order valence-electron chi connectivity index (χ0n) is 48.5. The van der Waals surface area contributed by atoms with Crippen LogP contribution in [0.25, 0.3) is 33.4 Å². The van der Waals surface area contributed by atoms with Crippen molar-refractivity contribution in [3.05, 3.63) is 231 Å². The van der Waals surface area contributed by atoms with E-state index in [0.29, 0.717) is 0 Å². The number of fused-ring (bicyclic) bond motifs is 12. The molecule has 390 valence electrons.